The maximum Gasteiger partial charge on any atom is 0.255 e. The van der Waals surface area contributed by atoms with Crippen molar-refractivity contribution >= 4 is 39.1 Å². The Morgan fingerprint density at radius 1 is 1.20 bits per heavy atom. The number of carbonyl (C=O) groups is 1. The predicted octanol–water partition coefficient (Wildman–Crippen LogP) is 3.89. The zero-order valence-corrected chi connectivity index (χ0v) is 12.9. The zero-order valence-electron chi connectivity index (χ0n) is 10.6. The Bertz CT molecular complexity index is 594. The van der Waals surface area contributed by atoms with E-state index in [-0.39, 0.29) is 12.5 Å². The molecule has 0 heterocycles. The van der Waals surface area contributed by atoms with Gasteiger partial charge in [-0.25, -0.2) is 0 Å². The van der Waals surface area contributed by atoms with Crippen molar-refractivity contribution in [2.45, 2.75) is 6.42 Å². The summed E-state index contributed by atoms with van der Waals surface area (Å²) in [5, 5.41) is 12.2. The molecule has 0 unspecified atom stereocenters. The lowest BCUT2D eigenvalue weighted by Gasteiger charge is -2.07. The van der Waals surface area contributed by atoms with E-state index in [0.717, 1.165) is 10.0 Å². The number of hydrogen-bond acceptors (Lipinski definition) is 2. The van der Waals surface area contributed by atoms with Crippen molar-refractivity contribution in [3.05, 3.63) is 63.1 Å². The minimum atomic E-state index is -0.219. The summed E-state index contributed by atoms with van der Waals surface area (Å²) in [7, 11) is 0. The summed E-state index contributed by atoms with van der Waals surface area (Å²) in [4.78, 5) is 12.1. The van der Waals surface area contributed by atoms with Crippen molar-refractivity contribution in [1.82, 2.24) is 0 Å². The van der Waals surface area contributed by atoms with E-state index < -0.39 is 0 Å². The third-order valence-electron chi connectivity index (χ3n) is 2.74. The lowest BCUT2D eigenvalue weighted by molar-refractivity contribution is 0.102. The molecule has 2 aromatic carbocycles. The molecule has 0 saturated heterocycles. The van der Waals surface area contributed by atoms with E-state index in [1.807, 2.05) is 24.3 Å². The molecule has 20 heavy (non-hydrogen) atoms. The first-order valence-corrected chi connectivity index (χ1v) is 7.23. The molecule has 0 bridgehead atoms. The van der Waals surface area contributed by atoms with Gasteiger partial charge in [-0.2, -0.15) is 0 Å². The first-order chi connectivity index (χ1) is 9.58. The summed E-state index contributed by atoms with van der Waals surface area (Å²) in [6, 6.07) is 12.4. The van der Waals surface area contributed by atoms with Crippen LogP contribution in [0.4, 0.5) is 5.69 Å². The van der Waals surface area contributed by atoms with Gasteiger partial charge in [0.25, 0.3) is 5.91 Å². The zero-order chi connectivity index (χ0) is 14.5. The Morgan fingerprint density at radius 2 is 1.90 bits per heavy atom. The van der Waals surface area contributed by atoms with Crippen LogP contribution >= 0.6 is 27.5 Å². The number of nitrogens with one attached hydrogen (secondary N) is 1. The number of anilines is 1. The second-order valence-corrected chi connectivity index (χ2v) is 5.63. The number of aliphatic hydroxyl groups is 1. The van der Waals surface area contributed by atoms with Crippen molar-refractivity contribution in [3.8, 4) is 0 Å². The highest BCUT2D eigenvalue weighted by atomic mass is 79.9. The fourth-order valence-electron chi connectivity index (χ4n) is 1.77. The van der Waals surface area contributed by atoms with Crippen molar-refractivity contribution in [1.29, 1.82) is 0 Å². The van der Waals surface area contributed by atoms with Gasteiger partial charge in [-0.05, 0) is 42.3 Å². The standard InChI is InChI=1S/C15H13BrClNO2/c16-12-7-11(8-13(17)9-12)15(20)18-14-3-1-10(2-4-14)5-6-19/h1-4,7-9,19H,5-6H2,(H,18,20). The monoisotopic (exact) mass is 353 g/mol. The summed E-state index contributed by atoms with van der Waals surface area (Å²) in [5.74, 6) is -0.219. The molecule has 2 N–H and O–H groups in total. The average Bonchev–Trinajstić information content (AvgIpc) is 2.40. The lowest BCUT2D eigenvalue weighted by atomic mass is 10.1. The molecular weight excluding hydrogens is 342 g/mol. The number of carbonyl (C=O) groups excluding carboxylic acids is 1. The van der Waals surface area contributed by atoms with Gasteiger partial charge in [0.2, 0.25) is 0 Å². The average molecular weight is 355 g/mol. The molecule has 5 heteroatoms. The number of halogens is 2. The number of rotatable bonds is 4. The summed E-state index contributed by atoms with van der Waals surface area (Å²) in [6.45, 7) is 0.113. The van der Waals surface area contributed by atoms with E-state index in [4.69, 9.17) is 16.7 Å². The molecule has 0 saturated carbocycles. The van der Waals surface area contributed by atoms with Crippen LogP contribution in [0, 0.1) is 0 Å². The van der Waals surface area contributed by atoms with Gasteiger partial charge in [0.1, 0.15) is 0 Å². The summed E-state index contributed by atoms with van der Waals surface area (Å²) in [6.07, 6.45) is 0.607. The van der Waals surface area contributed by atoms with E-state index in [1.54, 1.807) is 18.2 Å². The fraction of sp³-hybridized carbons (Fsp3) is 0.133. The minimum Gasteiger partial charge on any atom is -0.396 e. The lowest BCUT2D eigenvalue weighted by Crippen LogP contribution is -2.11. The van der Waals surface area contributed by atoms with Crippen LogP contribution in [-0.2, 0) is 6.42 Å². The normalized spacial score (nSPS) is 10.3. The molecule has 0 aromatic heterocycles. The van der Waals surface area contributed by atoms with Crippen LogP contribution in [0.15, 0.2) is 46.9 Å². The van der Waals surface area contributed by atoms with Gasteiger partial charge in [0.15, 0.2) is 0 Å². The number of hydrogen-bond donors (Lipinski definition) is 2. The van der Waals surface area contributed by atoms with Crippen LogP contribution in [0.1, 0.15) is 15.9 Å². The minimum absolute atomic E-state index is 0.113. The van der Waals surface area contributed by atoms with Crippen molar-refractivity contribution < 1.29 is 9.90 Å². The quantitative estimate of drug-likeness (QED) is 0.875. The number of aliphatic hydroxyl groups excluding tert-OH is 1. The second-order valence-electron chi connectivity index (χ2n) is 4.28. The molecule has 0 fully saturated rings. The molecule has 2 aromatic rings. The van der Waals surface area contributed by atoms with Crippen LogP contribution in [0.2, 0.25) is 5.02 Å². The topological polar surface area (TPSA) is 49.3 Å². The van der Waals surface area contributed by atoms with Gasteiger partial charge in [0, 0.05) is 27.4 Å². The summed E-state index contributed by atoms with van der Waals surface area (Å²) in [5.41, 5.74) is 2.22. The Kier molecular flexibility index (Phi) is 5.17. The molecule has 0 spiro atoms. The Labute approximate surface area is 130 Å². The molecule has 1 amide bonds. The van der Waals surface area contributed by atoms with Crippen LogP contribution in [0.5, 0.6) is 0 Å². The van der Waals surface area contributed by atoms with Crippen molar-refractivity contribution in [2.24, 2.45) is 0 Å². The van der Waals surface area contributed by atoms with Gasteiger partial charge in [-0.15, -0.1) is 0 Å². The van der Waals surface area contributed by atoms with Crippen LogP contribution in [0.25, 0.3) is 0 Å². The molecule has 0 aliphatic heterocycles. The molecular formula is C15H13BrClNO2. The third-order valence-corrected chi connectivity index (χ3v) is 3.41. The summed E-state index contributed by atoms with van der Waals surface area (Å²) < 4.78 is 0.758. The maximum absolute atomic E-state index is 12.1. The summed E-state index contributed by atoms with van der Waals surface area (Å²) >= 11 is 9.22. The molecule has 0 aliphatic carbocycles. The van der Waals surface area contributed by atoms with E-state index in [0.29, 0.717) is 22.7 Å². The molecule has 0 radical (unpaired) electrons. The first-order valence-electron chi connectivity index (χ1n) is 6.06. The molecule has 3 nitrogen and oxygen atoms in total. The highest BCUT2D eigenvalue weighted by molar-refractivity contribution is 9.10. The Morgan fingerprint density at radius 3 is 2.50 bits per heavy atom. The van der Waals surface area contributed by atoms with Gasteiger partial charge in [-0.1, -0.05) is 39.7 Å². The molecule has 0 atom stereocenters. The molecule has 104 valence electrons. The highest BCUT2D eigenvalue weighted by Crippen LogP contribution is 2.20. The number of amides is 1. The van der Waals surface area contributed by atoms with Gasteiger partial charge in [-0.3, -0.25) is 4.79 Å². The van der Waals surface area contributed by atoms with E-state index in [1.165, 1.54) is 0 Å². The first kappa shape index (κ1) is 15.0. The van der Waals surface area contributed by atoms with Crippen molar-refractivity contribution in [3.63, 3.8) is 0 Å². The smallest absolute Gasteiger partial charge is 0.255 e. The van der Waals surface area contributed by atoms with Gasteiger partial charge < -0.3 is 10.4 Å². The maximum atomic E-state index is 12.1. The Balaban J connectivity index is 2.10. The SMILES string of the molecule is O=C(Nc1ccc(CCO)cc1)c1cc(Cl)cc(Br)c1. The van der Waals surface area contributed by atoms with E-state index in [2.05, 4.69) is 21.2 Å². The second kappa shape index (κ2) is 6.88. The highest BCUT2D eigenvalue weighted by Gasteiger charge is 2.08. The van der Waals surface area contributed by atoms with E-state index >= 15 is 0 Å². The van der Waals surface area contributed by atoms with Gasteiger partial charge in [0.05, 0.1) is 0 Å². The molecule has 2 rings (SSSR count). The van der Waals surface area contributed by atoms with Crippen LogP contribution in [0.3, 0.4) is 0 Å². The van der Waals surface area contributed by atoms with Gasteiger partial charge >= 0.3 is 0 Å². The largest absolute Gasteiger partial charge is 0.396 e. The van der Waals surface area contributed by atoms with E-state index in [9.17, 15) is 4.79 Å². The van der Waals surface area contributed by atoms with Crippen LogP contribution in [-0.4, -0.2) is 17.6 Å². The number of benzene rings is 2. The predicted molar refractivity (Wildman–Crippen MR) is 84.3 cm³/mol. The molecule has 0 aliphatic rings. The third kappa shape index (κ3) is 4.07. The van der Waals surface area contributed by atoms with Crippen molar-refractivity contribution in [2.75, 3.05) is 11.9 Å². The van der Waals surface area contributed by atoms with Crippen LogP contribution < -0.4 is 5.32 Å². The fourth-order valence-corrected chi connectivity index (χ4v) is 2.63. The Hall–Kier alpha value is -1.36.